The van der Waals surface area contributed by atoms with Gasteiger partial charge in [0.15, 0.2) is 0 Å². The molecule has 2 aromatic carbocycles. The molecular formula is C20H13BrCl2N4OS. The lowest BCUT2D eigenvalue weighted by Gasteiger charge is -2.24. The maximum Gasteiger partial charge on any atom is 0.226 e. The first-order chi connectivity index (χ1) is 13.9. The van der Waals surface area contributed by atoms with Crippen LogP contribution in [0.1, 0.15) is 29.2 Å². The molecule has 3 heterocycles. The lowest BCUT2D eigenvalue weighted by molar-refractivity contribution is -0.116. The number of aromatic nitrogens is 3. The monoisotopic (exact) mass is 506 g/mol. The van der Waals surface area contributed by atoms with Crippen LogP contribution in [0.3, 0.4) is 0 Å². The van der Waals surface area contributed by atoms with Crippen molar-refractivity contribution >= 4 is 72.4 Å². The minimum absolute atomic E-state index is 0.0847. The molecule has 9 heteroatoms. The highest BCUT2D eigenvalue weighted by molar-refractivity contribution is 9.10. The third-order valence-electron chi connectivity index (χ3n) is 4.96. The smallest absolute Gasteiger partial charge is 0.226 e. The molecule has 0 radical (unpaired) electrons. The molecular weight excluding hydrogens is 495 g/mol. The molecule has 5 rings (SSSR count). The zero-order chi connectivity index (χ0) is 20.3. The van der Waals surface area contributed by atoms with Gasteiger partial charge >= 0.3 is 0 Å². The van der Waals surface area contributed by atoms with Crippen LogP contribution in [0.25, 0.3) is 15.3 Å². The van der Waals surface area contributed by atoms with Crippen LogP contribution in [-0.4, -0.2) is 20.7 Å². The number of hydrogen-bond acceptors (Lipinski definition) is 4. The number of carbonyl (C=O) groups is 1. The quantitative estimate of drug-likeness (QED) is 0.344. The summed E-state index contributed by atoms with van der Waals surface area (Å²) in [6, 6.07) is 11.3. The van der Waals surface area contributed by atoms with E-state index in [0.717, 1.165) is 31.5 Å². The lowest BCUT2D eigenvalue weighted by Crippen LogP contribution is -2.25. The molecule has 5 nitrogen and oxygen atoms in total. The van der Waals surface area contributed by atoms with Gasteiger partial charge in [-0.15, -0.1) is 0 Å². The van der Waals surface area contributed by atoms with Crippen molar-refractivity contribution in [2.75, 3.05) is 5.32 Å². The number of nitrogens with zero attached hydrogens (tertiary/aromatic N) is 3. The van der Waals surface area contributed by atoms with Crippen LogP contribution < -0.4 is 5.32 Å². The number of rotatable bonds is 2. The normalized spacial score (nSPS) is 16.1. The fourth-order valence-corrected chi connectivity index (χ4v) is 5.73. The van der Waals surface area contributed by atoms with Crippen molar-refractivity contribution in [3.63, 3.8) is 0 Å². The summed E-state index contributed by atoms with van der Waals surface area (Å²) in [4.78, 5) is 17.3. The highest BCUT2D eigenvalue weighted by atomic mass is 79.9. The number of halogens is 3. The summed E-state index contributed by atoms with van der Waals surface area (Å²) >= 11 is 17.5. The Kier molecular flexibility index (Phi) is 4.66. The predicted molar refractivity (Wildman–Crippen MR) is 121 cm³/mol. The number of fused-ring (bicyclic) bond motifs is 2. The molecule has 146 valence electrons. The van der Waals surface area contributed by atoms with Crippen LogP contribution in [0.2, 0.25) is 10.0 Å². The highest BCUT2D eigenvalue weighted by Gasteiger charge is 2.34. The number of nitrogens with one attached hydrogen (secondary N) is 1. The topological polar surface area (TPSA) is 59.8 Å². The maximum absolute atomic E-state index is 12.6. The van der Waals surface area contributed by atoms with E-state index in [1.807, 2.05) is 31.2 Å². The molecule has 0 spiro atoms. The number of hydrogen-bond donors (Lipinski definition) is 1. The molecule has 1 unspecified atom stereocenters. The van der Waals surface area contributed by atoms with Gasteiger partial charge in [0.1, 0.15) is 5.82 Å². The largest absolute Gasteiger partial charge is 0.310 e. The van der Waals surface area contributed by atoms with E-state index >= 15 is 0 Å². The Balaban J connectivity index is 1.68. The molecule has 4 aromatic rings. The zero-order valence-corrected chi connectivity index (χ0v) is 19.0. The Hall–Kier alpha value is -1.93. The minimum Gasteiger partial charge on any atom is -0.310 e. The van der Waals surface area contributed by atoms with Crippen molar-refractivity contribution in [2.45, 2.75) is 19.3 Å². The second-order valence-corrected chi connectivity index (χ2v) is 9.61. The summed E-state index contributed by atoms with van der Waals surface area (Å²) in [6.45, 7) is 1.94. The van der Waals surface area contributed by atoms with Gasteiger partial charge in [-0.3, -0.25) is 4.79 Å². The van der Waals surface area contributed by atoms with Crippen molar-refractivity contribution in [1.82, 2.24) is 14.8 Å². The van der Waals surface area contributed by atoms with Crippen LogP contribution in [-0.2, 0) is 4.79 Å². The van der Waals surface area contributed by atoms with E-state index in [2.05, 4.69) is 21.2 Å². The second-order valence-electron chi connectivity index (χ2n) is 6.84. The third kappa shape index (κ3) is 3.26. The van der Waals surface area contributed by atoms with Gasteiger partial charge < -0.3 is 5.32 Å². The molecule has 29 heavy (non-hydrogen) atoms. The van der Waals surface area contributed by atoms with Gasteiger partial charge in [0.25, 0.3) is 0 Å². The molecule has 1 aliphatic rings. The first-order valence-corrected chi connectivity index (χ1v) is 11.2. The number of anilines is 1. The van der Waals surface area contributed by atoms with Gasteiger partial charge in [-0.25, -0.2) is 4.98 Å². The summed E-state index contributed by atoms with van der Waals surface area (Å²) < 4.78 is 3.75. The number of carbonyl (C=O) groups excluding carboxylic acids is 1. The van der Waals surface area contributed by atoms with Gasteiger partial charge in [-0.05, 0) is 42.8 Å². The highest BCUT2D eigenvalue weighted by Crippen LogP contribution is 2.43. The van der Waals surface area contributed by atoms with Gasteiger partial charge in [-0.2, -0.15) is 9.78 Å². The van der Waals surface area contributed by atoms with Crippen LogP contribution in [0, 0.1) is 6.92 Å². The summed E-state index contributed by atoms with van der Waals surface area (Å²) in [5.74, 6) is 0.368. The molecule has 1 aliphatic heterocycles. The van der Waals surface area contributed by atoms with E-state index in [1.54, 1.807) is 16.8 Å². The number of aryl methyl sites for hydroxylation is 1. The fraction of sp³-hybridized carbons (Fsp3) is 0.150. The van der Waals surface area contributed by atoms with E-state index in [0.29, 0.717) is 27.4 Å². The van der Waals surface area contributed by atoms with Gasteiger partial charge in [0, 0.05) is 32.4 Å². The third-order valence-corrected chi connectivity index (χ3v) is 7.01. The Morgan fingerprint density at radius 3 is 2.86 bits per heavy atom. The molecule has 1 atom stereocenters. The van der Waals surface area contributed by atoms with Gasteiger partial charge in [0.2, 0.25) is 11.0 Å². The van der Waals surface area contributed by atoms with Crippen LogP contribution in [0.5, 0.6) is 0 Å². The average Bonchev–Trinajstić information content (AvgIpc) is 3.21. The second kappa shape index (κ2) is 7.09. The Labute approximate surface area is 188 Å². The first kappa shape index (κ1) is 19.1. The van der Waals surface area contributed by atoms with Gasteiger partial charge in [0.05, 0.1) is 15.9 Å². The van der Waals surface area contributed by atoms with E-state index in [1.165, 1.54) is 11.3 Å². The molecule has 2 aromatic heterocycles. The zero-order valence-electron chi connectivity index (χ0n) is 15.0. The SMILES string of the molecule is Cc1nn(-c2nc3ccc(Br)cc3s2)c2c1C(c1ccc(Cl)cc1Cl)CC(=O)N2. The maximum atomic E-state index is 12.6. The average molecular weight is 508 g/mol. The van der Waals surface area contributed by atoms with E-state index in [4.69, 9.17) is 33.3 Å². The molecule has 0 bridgehead atoms. The molecule has 0 saturated heterocycles. The van der Waals surface area contributed by atoms with Crippen molar-refractivity contribution < 1.29 is 4.79 Å². The standard InChI is InChI=1S/C20H13BrCl2N4OS/c1-9-18-13(12-4-3-11(22)7-14(12)23)8-17(28)25-19(18)27(26-9)20-24-15-5-2-10(21)6-16(15)29-20/h2-7,13H,8H2,1H3,(H,25,28). The van der Waals surface area contributed by atoms with Crippen molar-refractivity contribution in [2.24, 2.45) is 0 Å². The molecule has 1 amide bonds. The van der Waals surface area contributed by atoms with E-state index in [9.17, 15) is 4.79 Å². The van der Waals surface area contributed by atoms with Crippen LogP contribution in [0.4, 0.5) is 5.82 Å². The first-order valence-electron chi connectivity index (χ1n) is 8.81. The lowest BCUT2D eigenvalue weighted by atomic mass is 9.86. The number of thiazole rings is 1. The van der Waals surface area contributed by atoms with Crippen molar-refractivity contribution in [3.8, 4) is 5.13 Å². The minimum atomic E-state index is -0.194. The Morgan fingerprint density at radius 1 is 1.24 bits per heavy atom. The van der Waals surface area contributed by atoms with E-state index in [-0.39, 0.29) is 11.8 Å². The number of benzene rings is 2. The Bertz CT molecular complexity index is 1300. The predicted octanol–water partition coefficient (Wildman–Crippen LogP) is 6.33. The molecule has 0 aliphatic carbocycles. The van der Waals surface area contributed by atoms with Crippen LogP contribution >= 0.6 is 50.5 Å². The summed E-state index contributed by atoms with van der Waals surface area (Å²) in [5.41, 5.74) is 3.53. The molecule has 0 saturated carbocycles. The number of amides is 1. The summed E-state index contributed by atoms with van der Waals surface area (Å²) in [5, 5.41) is 9.49. The summed E-state index contributed by atoms with van der Waals surface area (Å²) in [6.07, 6.45) is 0.299. The molecule has 0 fully saturated rings. The van der Waals surface area contributed by atoms with Crippen molar-refractivity contribution in [1.29, 1.82) is 0 Å². The summed E-state index contributed by atoms with van der Waals surface area (Å²) in [7, 11) is 0. The molecule has 1 N–H and O–H groups in total. The van der Waals surface area contributed by atoms with Gasteiger partial charge in [-0.1, -0.05) is 56.5 Å². The van der Waals surface area contributed by atoms with Crippen molar-refractivity contribution in [3.05, 3.63) is 67.7 Å². The van der Waals surface area contributed by atoms with Crippen LogP contribution in [0.15, 0.2) is 40.9 Å². The Morgan fingerprint density at radius 2 is 2.07 bits per heavy atom. The fourth-order valence-electron chi connectivity index (χ4n) is 3.71. The van der Waals surface area contributed by atoms with E-state index < -0.39 is 0 Å².